The summed E-state index contributed by atoms with van der Waals surface area (Å²) in [6.07, 6.45) is 1.61. The number of nitrogens with one attached hydrogen (secondary N) is 1. The summed E-state index contributed by atoms with van der Waals surface area (Å²) >= 11 is 3.29. The smallest absolute Gasteiger partial charge is 0.270 e. The molecule has 0 saturated carbocycles. The van der Waals surface area contributed by atoms with Crippen molar-refractivity contribution < 1.29 is 9.53 Å². The van der Waals surface area contributed by atoms with E-state index in [1.165, 1.54) is 0 Å². The summed E-state index contributed by atoms with van der Waals surface area (Å²) < 4.78 is 6.23. The molecule has 0 aliphatic heterocycles. The van der Waals surface area contributed by atoms with Crippen molar-refractivity contribution in [2.24, 2.45) is 5.92 Å². The Morgan fingerprint density at radius 3 is 2.72 bits per heavy atom. The molecule has 0 aliphatic rings. The van der Waals surface area contributed by atoms with Crippen LogP contribution in [0.3, 0.4) is 0 Å². The highest BCUT2D eigenvalue weighted by Gasteiger charge is 2.17. The van der Waals surface area contributed by atoms with Gasteiger partial charge in [-0.2, -0.15) is 0 Å². The Balaban J connectivity index is 2.63. The zero-order valence-corrected chi connectivity index (χ0v) is 12.5. The molecule has 5 heteroatoms. The van der Waals surface area contributed by atoms with Crippen LogP contribution in [0.25, 0.3) is 0 Å². The molecule has 1 amide bonds. The number of aromatic nitrogens is 1. The summed E-state index contributed by atoms with van der Waals surface area (Å²) in [6.45, 7) is 7.22. The minimum absolute atomic E-state index is 0.00268. The number of nitrogens with zero attached hydrogens (tertiary/aromatic N) is 1. The highest BCUT2D eigenvalue weighted by Crippen LogP contribution is 2.08. The standard InChI is InChI=1S/C13H19BrN2O2/c1-4-18-8-12(9(2)3)16-13(17)11-6-5-10(14)7-15-11/h5-7,9,12H,4,8H2,1-3H3,(H,16,17). The van der Waals surface area contributed by atoms with Crippen LogP contribution in [-0.2, 0) is 4.74 Å². The van der Waals surface area contributed by atoms with E-state index in [1.807, 2.05) is 6.92 Å². The first kappa shape index (κ1) is 15.1. The van der Waals surface area contributed by atoms with Gasteiger partial charge in [0.25, 0.3) is 5.91 Å². The number of halogens is 1. The van der Waals surface area contributed by atoms with Gasteiger partial charge in [-0.15, -0.1) is 0 Å². The third kappa shape index (κ3) is 4.74. The Kier molecular flexibility index (Phi) is 6.29. The molecule has 0 fully saturated rings. The van der Waals surface area contributed by atoms with Gasteiger partial charge < -0.3 is 10.1 Å². The van der Waals surface area contributed by atoms with Crippen LogP contribution in [-0.4, -0.2) is 30.1 Å². The molecule has 0 radical (unpaired) electrons. The number of amides is 1. The Labute approximate surface area is 116 Å². The zero-order chi connectivity index (χ0) is 13.5. The van der Waals surface area contributed by atoms with Crippen molar-refractivity contribution in [3.05, 3.63) is 28.5 Å². The monoisotopic (exact) mass is 314 g/mol. The number of carbonyl (C=O) groups is 1. The fourth-order valence-electron chi connectivity index (χ4n) is 1.40. The zero-order valence-electron chi connectivity index (χ0n) is 10.9. The lowest BCUT2D eigenvalue weighted by atomic mass is 10.1. The molecule has 0 saturated heterocycles. The van der Waals surface area contributed by atoms with Gasteiger partial charge in [0.15, 0.2) is 0 Å². The number of ether oxygens (including phenoxy) is 1. The number of hydrogen-bond acceptors (Lipinski definition) is 3. The van der Waals surface area contributed by atoms with E-state index in [2.05, 4.69) is 40.1 Å². The maximum atomic E-state index is 12.0. The highest BCUT2D eigenvalue weighted by atomic mass is 79.9. The van der Waals surface area contributed by atoms with Crippen molar-refractivity contribution in [1.29, 1.82) is 0 Å². The van der Waals surface area contributed by atoms with E-state index in [4.69, 9.17) is 4.74 Å². The molecule has 4 nitrogen and oxygen atoms in total. The van der Waals surface area contributed by atoms with Gasteiger partial charge in [0, 0.05) is 17.3 Å². The first-order chi connectivity index (χ1) is 8.54. The number of carbonyl (C=O) groups excluding carboxylic acids is 1. The van der Waals surface area contributed by atoms with Crippen LogP contribution in [0.2, 0.25) is 0 Å². The molecule has 1 atom stereocenters. The normalized spacial score (nSPS) is 12.5. The summed E-state index contributed by atoms with van der Waals surface area (Å²) in [6, 6.07) is 3.50. The lowest BCUT2D eigenvalue weighted by Gasteiger charge is -2.21. The minimum atomic E-state index is -0.166. The van der Waals surface area contributed by atoms with Crippen LogP contribution in [0.5, 0.6) is 0 Å². The first-order valence-corrected chi connectivity index (χ1v) is 6.84. The Morgan fingerprint density at radius 1 is 1.50 bits per heavy atom. The molecule has 18 heavy (non-hydrogen) atoms. The molecule has 0 spiro atoms. The number of rotatable bonds is 6. The van der Waals surface area contributed by atoms with Crippen LogP contribution < -0.4 is 5.32 Å². The summed E-state index contributed by atoms with van der Waals surface area (Å²) in [7, 11) is 0. The van der Waals surface area contributed by atoms with Crippen molar-refractivity contribution in [3.63, 3.8) is 0 Å². The van der Waals surface area contributed by atoms with Crippen molar-refractivity contribution in [2.45, 2.75) is 26.8 Å². The van der Waals surface area contributed by atoms with Gasteiger partial charge in [0.1, 0.15) is 5.69 Å². The molecule has 1 aromatic heterocycles. The van der Waals surface area contributed by atoms with E-state index in [0.717, 1.165) is 4.47 Å². The van der Waals surface area contributed by atoms with Crippen molar-refractivity contribution in [1.82, 2.24) is 10.3 Å². The molecule has 1 aromatic rings. The second-order valence-electron chi connectivity index (χ2n) is 4.35. The number of hydrogen-bond donors (Lipinski definition) is 1. The summed E-state index contributed by atoms with van der Waals surface area (Å²) in [5, 5.41) is 2.95. The minimum Gasteiger partial charge on any atom is -0.380 e. The second-order valence-corrected chi connectivity index (χ2v) is 5.26. The number of pyridine rings is 1. The third-order valence-electron chi connectivity index (χ3n) is 2.58. The topological polar surface area (TPSA) is 51.2 Å². The van der Waals surface area contributed by atoms with E-state index in [-0.39, 0.29) is 11.9 Å². The molecule has 0 bridgehead atoms. The predicted molar refractivity (Wildman–Crippen MR) is 74.5 cm³/mol. The Bertz CT molecular complexity index is 379. The van der Waals surface area contributed by atoms with Gasteiger partial charge in [-0.3, -0.25) is 4.79 Å². The molecule has 100 valence electrons. The molecule has 0 aromatic carbocycles. The molecule has 1 heterocycles. The van der Waals surface area contributed by atoms with Crippen molar-refractivity contribution in [2.75, 3.05) is 13.2 Å². The van der Waals surface area contributed by atoms with Gasteiger partial charge >= 0.3 is 0 Å². The van der Waals surface area contributed by atoms with E-state index in [1.54, 1.807) is 18.3 Å². The van der Waals surface area contributed by atoms with Crippen molar-refractivity contribution in [3.8, 4) is 0 Å². The fraction of sp³-hybridized carbons (Fsp3) is 0.538. The molecule has 0 aliphatic carbocycles. The van der Waals surface area contributed by atoms with Crippen LogP contribution >= 0.6 is 15.9 Å². The summed E-state index contributed by atoms with van der Waals surface area (Å²) in [5.74, 6) is 0.150. The largest absolute Gasteiger partial charge is 0.380 e. The van der Waals surface area contributed by atoms with Gasteiger partial charge in [0.2, 0.25) is 0 Å². The Hall–Kier alpha value is -0.940. The van der Waals surface area contributed by atoms with Crippen LogP contribution in [0.4, 0.5) is 0 Å². The van der Waals surface area contributed by atoms with Gasteiger partial charge in [0.05, 0.1) is 12.6 Å². The maximum absolute atomic E-state index is 12.0. The van der Waals surface area contributed by atoms with E-state index in [9.17, 15) is 4.79 Å². The van der Waals surface area contributed by atoms with Gasteiger partial charge in [-0.05, 0) is 40.9 Å². The molecular weight excluding hydrogens is 296 g/mol. The lowest BCUT2D eigenvalue weighted by molar-refractivity contribution is 0.0802. The molecular formula is C13H19BrN2O2. The highest BCUT2D eigenvalue weighted by molar-refractivity contribution is 9.10. The van der Waals surface area contributed by atoms with Gasteiger partial charge in [-0.25, -0.2) is 4.98 Å². The maximum Gasteiger partial charge on any atom is 0.270 e. The lowest BCUT2D eigenvalue weighted by Crippen LogP contribution is -2.42. The van der Waals surface area contributed by atoms with Crippen LogP contribution in [0.15, 0.2) is 22.8 Å². The summed E-state index contributed by atoms with van der Waals surface area (Å²) in [4.78, 5) is 16.1. The third-order valence-corrected chi connectivity index (χ3v) is 3.05. The fourth-order valence-corrected chi connectivity index (χ4v) is 1.63. The van der Waals surface area contributed by atoms with E-state index in [0.29, 0.717) is 24.8 Å². The van der Waals surface area contributed by atoms with E-state index < -0.39 is 0 Å². The molecule has 1 N–H and O–H groups in total. The molecule has 1 unspecified atom stereocenters. The van der Waals surface area contributed by atoms with Crippen molar-refractivity contribution >= 4 is 21.8 Å². The van der Waals surface area contributed by atoms with Crippen LogP contribution in [0.1, 0.15) is 31.3 Å². The average Bonchev–Trinajstić information content (AvgIpc) is 2.34. The average molecular weight is 315 g/mol. The predicted octanol–water partition coefficient (Wildman–Crippen LogP) is 2.64. The summed E-state index contributed by atoms with van der Waals surface area (Å²) in [5.41, 5.74) is 0.417. The second kappa shape index (κ2) is 7.48. The quantitative estimate of drug-likeness (QED) is 0.878. The first-order valence-electron chi connectivity index (χ1n) is 6.04. The van der Waals surface area contributed by atoms with Gasteiger partial charge in [-0.1, -0.05) is 13.8 Å². The Morgan fingerprint density at radius 2 is 2.22 bits per heavy atom. The molecule has 1 rings (SSSR count). The van der Waals surface area contributed by atoms with Crippen LogP contribution in [0, 0.1) is 5.92 Å². The van der Waals surface area contributed by atoms with E-state index >= 15 is 0 Å². The SMILES string of the molecule is CCOCC(NC(=O)c1ccc(Br)cn1)C(C)C.